The van der Waals surface area contributed by atoms with E-state index in [0.29, 0.717) is 41.3 Å². The van der Waals surface area contributed by atoms with Crippen LogP contribution in [-0.4, -0.2) is 70.6 Å². The minimum atomic E-state index is -3.57. The Balaban J connectivity index is 1.29. The number of anilines is 4. The number of para-hydroxylation sites is 1. The minimum Gasteiger partial charge on any atom is -0.489 e. The Morgan fingerprint density at radius 3 is 2.53 bits per heavy atom. The molecule has 10 nitrogen and oxygen atoms in total. The van der Waals surface area contributed by atoms with Crippen LogP contribution in [0.2, 0.25) is 5.02 Å². The van der Waals surface area contributed by atoms with E-state index < -0.39 is 15.1 Å². The Bertz CT molecular complexity index is 1720. The Labute approximate surface area is 270 Å². The molecule has 6 rings (SSSR count). The van der Waals surface area contributed by atoms with Gasteiger partial charge in [0.15, 0.2) is 15.7 Å². The predicted octanol–water partition coefficient (Wildman–Crippen LogP) is 6.56. The number of amides is 1. The molecule has 3 aliphatic heterocycles. The number of carbonyl (C=O) groups is 1. The number of carbonyl (C=O) groups excluding carboxylic acids is 1. The van der Waals surface area contributed by atoms with E-state index >= 15 is 0 Å². The highest BCUT2D eigenvalue weighted by Gasteiger charge is 2.46. The number of hydrogen-bond acceptors (Lipinski definition) is 9. The maximum absolute atomic E-state index is 13.9. The SMILES string of the molecule is CC(C)Oc1cc2c(cc1Nc1ncc(Cl)c(Nc3ccccc3S(=O)(=O)C(C)C)n1)C(=O)N(C1CC3CCCCC1N3C)C2. The fourth-order valence-electron chi connectivity index (χ4n) is 6.84. The van der Waals surface area contributed by atoms with Crippen LogP contribution in [0.1, 0.15) is 75.7 Å². The van der Waals surface area contributed by atoms with Crippen molar-refractivity contribution >= 4 is 50.5 Å². The molecular formula is C33H41ClN6O4S. The minimum absolute atomic E-state index is 0.0381. The van der Waals surface area contributed by atoms with Gasteiger partial charge in [0.05, 0.1) is 33.8 Å². The number of sulfone groups is 1. The van der Waals surface area contributed by atoms with Crippen LogP contribution in [0, 0.1) is 0 Å². The second-order valence-corrected chi connectivity index (χ2v) is 15.7. The summed E-state index contributed by atoms with van der Waals surface area (Å²) in [6.45, 7) is 7.75. The van der Waals surface area contributed by atoms with Gasteiger partial charge in [-0.2, -0.15) is 4.98 Å². The average Bonchev–Trinajstić information content (AvgIpc) is 3.38. The first-order valence-corrected chi connectivity index (χ1v) is 17.6. The molecule has 2 saturated heterocycles. The molecule has 2 aromatic carbocycles. The molecule has 0 radical (unpaired) electrons. The van der Waals surface area contributed by atoms with Crippen molar-refractivity contribution in [1.29, 1.82) is 0 Å². The van der Waals surface area contributed by atoms with Crippen molar-refractivity contribution in [3.63, 3.8) is 0 Å². The van der Waals surface area contributed by atoms with Gasteiger partial charge in [0.1, 0.15) is 10.8 Å². The fourth-order valence-corrected chi connectivity index (χ4v) is 8.18. The smallest absolute Gasteiger partial charge is 0.254 e. The molecule has 2 fully saturated rings. The zero-order valence-corrected chi connectivity index (χ0v) is 28.0. The molecule has 0 saturated carbocycles. The van der Waals surface area contributed by atoms with Crippen molar-refractivity contribution in [2.75, 3.05) is 17.7 Å². The zero-order chi connectivity index (χ0) is 32.0. The van der Waals surface area contributed by atoms with Crippen molar-refractivity contribution in [3.05, 3.63) is 58.7 Å². The van der Waals surface area contributed by atoms with E-state index in [9.17, 15) is 13.2 Å². The molecule has 3 unspecified atom stereocenters. The highest BCUT2D eigenvalue weighted by Crippen LogP contribution is 2.42. The number of nitrogens with one attached hydrogen (secondary N) is 2. The largest absolute Gasteiger partial charge is 0.489 e. The lowest BCUT2D eigenvalue weighted by Gasteiger charge is -2.31. The van der Waals surface area contributed by atoms with Gasteiger partial charge in [-0.3, -0.25) is 9.69 Å². The van der Waals surface area contributed by atoms with E-state index in [1.54, 1.807) is 38.1 Å². The molecule has 0 aliphatic carbocycles. The monoisotopic (exact) mass is 652 g/mol. The molecule has 0 spiro atoms. The van der Waals surface area contributed by atoms with Gasteiger partial charge in [-0.25, -0.2) is 13.4 Å². The third-order valence-corrected chi connectivity index (χ3v) is 11.7. The number of rotatable bonds is 9. The normalized spacial score (nSPS) is 21.7. The van der Waals surface area contributed by atoms with Crippen LogP contribution in [-0.2, 0) is 16.4 Å². The Morgan fingerprint density at radius 2 is 1.78 bits per heavy atom. The lowest BCUT2D eigenvalue weighted by atomic mass is 9.95. The maximum Gasteiger partial charge on any atom is 0.254 e. The van der Waals surface area contributed by atoms with E-state index in [-0.39, 0.29) is 39.7 Å². The van der Waals surface area contributed by atoms with Gasteiger partial charge in [0.25, 0.3) is 5.91 Å². The number of hydrogen-bond donors (Lipinski definition) is 2. The van der Waals surface area contributed by atoms with Crippen molar-refractivity contribution in [2.24, 2.45) is 0 Å². The van der Waals surface area contributed by atoms with Crippen LogP contribution in [0.4, 0.5) is 23.1 Å². The Hall–Kier alpha value is -3.41. The van der Waals surface area contributed by atoms with Crippen molar-refractivity contribution in [1.82, 2.24) is 19.8 Å². The number of aromatic nitrogens is 2. The van der Waals surface area contributed by atoms with Crippen molar-refractivity contribution in [2.45, 2.75) is 101 Å². The molecule has 4 heterocycles. The van der Waals surface area contributed by atoms with Gasteiger partial charge in [-0.1, -0.05) is 36.6 Å². The lowest BCUT2D eigenvalue weighted by Crippen LogP contribution is -2.44. The quantitative estimate of drug-likeness (QED) is 0.265. The number of benzene rings is 2. The second kappa shape index (κ2) is 12.4. The molecule has 3 aromatic rings. The summed E-state index contributed by atoms with van der Waals surface area (Å²) < 4.78 is 32.2. The summed E-state index contributed by atoms with van der Waals surface area (Å²) in [5, 5.41) is 5.95. The number of likely N-dealkylation sites (N-methyl/N-ethyl adjacent to an activating group) is 1. The zero-order valence-electron chi connectivity index (χ0n) is 26.4. The van der Waals surface area contributed by atoms with Gasteiger partial charge in [0.2, 0.25) is 5.95 Å². The number of nitrogens with zero attached hydrogens (tertiary/aromatic N) is 4. The predicted molar refractivity (Wildman–Crippen MR) is 177 cm³/mol. The molecule has 1 aromatic heterocycles. The van der Waals surface area contributed by atoms with Gasteiger partial charge in [-0.05, 0) is 83.8 Å². The lowest BCUT2D eigenvalue weighted by molar-refractivity contribution is 0.0655. The molecule has 12 heteroatoms. The van der Waals surface area contributed by atoms with Crippen LogP contribution >= 0.6 is 11.6 Å². The van der Waals surface area contributed by atoms with Crippen LogP contribution < -0.4 is 15.4 Å². The molecule has 240 valence electrons. The molecule has 3 aliphatic rings. The average molecular weight is 653 g/mol. The third-order valence-electron chi connectivity index (χ3n) is 9.20. The summed E-state index contributed by atoms with van der Waals surface area (Å²) >= 11 is 6.47. The van der Waals surface area contributed by atoms with Crippen LogP contribution in [0.25, 0.3) is 0 Å². The highest BCUT2D eigenvalue weighted by molar-refractivity contribution is 7.92. The summed E-state index contributed by atoms with van der Waals surface area (Å²) in [4.78, 5) is 27.6. The standard InChI is InChI=1S/C33H41ClN6O4S/c1-19(2)44-29-14-21-18-40(28-15-22-10-6-8-12-27(28)39(22)5)32(41)23(21)16-26(29)37-33-35-17-24(34)31(38-33)36-25-11-7-9-13-30(25)45(42,43)20(3)4/h7,9,11,13-14,16-17,19-20,22,27-28H,6,8,10,12,15,18H2,1-5H3,(H2,35,36,37,38). The van der Waals surface area contributed by atoms with Gasteiger partial charge >= 0.3 is 0 Å². The number of fused-ring (bicyclic) bond motifs is 3. The Kier molecular flexibility index (Phi) is 8.71. The van der Waals surface area contributed by atoms with Crippen LogP contribution in [0.15, 0.2) is 47.5 Å². The Morgan fingerprint density at radius 1 is 1.02 bits per heavy atom. The van der Waals surface area contributed by atoms with Gasteiger partial charge in [-0.15, -0.1) is 0 Å². The summed E-state index contributed by atoms with van der Waals surface area (Å²) in [7, 11) is -1.36. The van der Waals surface area contributed by atoms with Crippen LogP contribution in [0.3, 0.4) is 0 Å². The molecule has 3 atom stereocenters. The first-order valence-electron chi connectivity index (χ1n) is 15.7. The molecule has 2 N–H and O–H groups in total. The molecule has 45 heavy (non-hydrogen) atoms. The topological polar surface area (TPSA) is 117 Å². The molecule has 2 bridgehead atoms. The second-order valence-electron chi connectivity index (χ2n) is 12.8. The number of ether oxygens (including phenoxy) is 1. The van der Waals surface area contributed by atoms with Crippen LogP contribution in [0.5, 0.6) is 5.75 Å². The summed E-state index contributed by atoms with van der Waals surface area (Å²) in [6, 6.07) is 11.6. The maximum atomic E-state index is 13.9. The summed E-state index contributed by atoms with van der Waals surface area (Å²) in [5.41, 5.74) is 2.52. The van der Waals surface area contributed by atoms with Gasteiger partial charge < -0.3 is 20.3 Å². The third kappa shape index (κ3) is 6.09. The first kappa shape index (κ1) is 31.6. The molecule has 1 amide bonds. The van der Waals surface area contributed by atoms with E-state index in [2.05, 4.69) is 37.4 Å². The van der Waals surface area contributed by atoms with Crippen molar-refractivity contribution < 1.29 is 17.9 Å². The molecular weight excluding hydrogens is 612 g/mol. The fraction of sp³-hybridized carbons (Fsp3) is 0.485. The number of halogens is 1. The highest BCUT2D eigenvalue weighted by atomic mass is 35.5. The first-order chi connectivity index (χ1) is 21.4. The van der Waals surface area contributed by atoms with E-state index in [0.717, 1.165) is 18.4 Å². The van der Waals surface area contributed by atoms with E-state index in [4.69, 9.17) is 16.3 Å². The summed E-state index contributed by atoms with van der Waals surface area (Å²) in [6.07, 6.45) is 7.11. The van der Waals surface area contributed by atoms with E-state index in [1.807, 2.05) is 26.0 Å². The summed E-state index contributed by atoms with van der Waals surface area (Å²) in [5.74, 6) is 1.09. The van der Waals surface area contributed by atoms with E-state index in [1.165, 1.54) is 25.5 Å². The van der Waals surface area contributed by atoms with Crippen molar-refractivity contribution in [3.8, 4) is 5.75 Å². The van der Waals surface area contributed by atoms with Gasteiger partial charge in [0, 0.05) is 30.2 Å².